The maximum absolute atomic E-state index is 13.5. The largest absolute Gasteiger partial charge is 0.507 e. The first-order chi connectivity index (χ1) is 17.8. The Bertz CT molecular complexity index is 1340. The van der Waals surface area contributed by atoms with E-state index in [0.717, 1.165) is 24.3 Å². The summed E-state index contributed by atoms with van der Waals surface area (Å²) in [5.41, 5.74) is 3.49. The Kier molecular flexibility index (Phi) is 7.53. The number of anilines is 2. The van der Waals surface area contributed by atoms with E-state index < -0.39 is 17.7 Å². The van der Waals surface area contributed by atoms with E-state index in [1.807, 2.05) is 37.3 Å². The van der Waals surface area contributed by atoms with Gasteiger partial charge >= 0.3 is 0 Å². The fourth-order valence-corrected chi connectivity index (χ4v) is 4.82. The summed E-state index contributed by atoms with van der Waals surface area (Å²) < 4.78 is 10.7. The molecule has 1 N–H and O–H groups in total. The monoisotopic (exact) mass is 500 g/mol. The van der Waals surface area contributed by atoms with E-state index in [0.29, 0.717) is 28.3 Å². The Balaban J connectivity index is 1.89. The second-order valence-corrected chi connectivity index (χ2v) is 8.82. The Morgan fingerprint density at radius 1 is 0.946 bits per heavy atom. The smallest absolute Gasteiger partial charge is 0.300 e. The van der Waals surface area contributed by atoms with Gasteiger partial charge in [0.1, 0.15) is 17.3 Å². The highest BCUT2D eigenvalue weighted by atomic mass is 16.5. The average molecular weight is 501 g/mol. The summed E-state index contributed by atoms with van der Waals surface area (Å²) in [5.74, 6) is -0.434. The Morgan fingerprint density at radius 3 is 2.24 bits per heavy atom. The van der Waals surface area contributed by atoms with E-state index in [9.17, 15) is 14.7 Å². The van der Waals surface area contributed by atoms with Gasteiger partial charge in [-0.2, -0.15) is 0 Å². The summed E-state index contributed by atoms with van der Waals surface area (Å²) >= 11 is 0. The first kappa shape index (κ1) is 25.8. The molecule has 7 nitrogen and oxygen atoms in total. The van der Waals surface area contributed by atoms with Crippen molar-refractivity contribution in [3.63, 3.8) is 0 Å². The number of methoxy groups -OCH3 is 2. The molecule has 1 aliphatic heterocycles. The summed E-state index contributed by atoms with van der Waals surface area (Å²) in [6.45, 7) is 7.72. The van der Waals surface area contributed by atoms with Gasteiger partial charge in [0.05, 0.1) is 25.8 Å². The molecule has 1 unspecified atom stereocenters. The average Bonchev–Trinajstić information content (AvgIpc) is 3.19. The van der Waals surface area contributed by atoms with E-state index in [1.165, 1.54) is 4.90 Å². The van der Waals surface area contributed by atoms with Crippen molar-refractivity contribution < 1.29 is 24.2 Å². The molecular formula is C30H32N2O5. The van der Waals surface area contributed by atoms with Gasteiger partial charge in [-0.15, -0.1) is 0 Å². The van der Waals surface area contributed by atoms with Gasteiger partial charge in [-0.1, -0.05) is 12.1 Å². The normalized spacial score (nSPS) is 16.7. The lowest BCUT2D eigenvalue weighted by atomic mass is 9.94. The van der Waals surface area contributed by atoms with E-state index >= 15 is 0 Å². The Morgan fingerprint density at radius 2 is 1.65 bits per heavy atom. The molecule has 1 fully saturated rings. The van der Waals surface area contributed by atoms with E-state index in [4.69, 9.17) is 9.47 Å². The molecule has 192 valence electrons. The highest BCUT2D eigenvalue weighted by Gasteiger charge is 2.47. The minimum Gasteiger partial charge on any atom is -0.507 e. The van der Waals surface area contributed by atoms with Crippen LogP contribution in [0.5, 0.6) is 11.5 Å². The number of ether oxygens (including phenoxy) is 2. The van der Waals surface area contributed by atoms with Crippen LogP contribution in [0.2, 0.25) is 0 Å². The zero-order valence-corrected chi connectivity index (χ0v) is 21.8. The number of aryl methyl sites for hydroxylation is 1. The number of Topliss-reactive ketones (excluding diaryl/α,β-unsaturated/α-hetero) is 1. The molecule has 4 rings (SSSR count). The fraction of sp³-hybridized carbons (Fsp3) is 0.267. The van der Waals surface area contributed by atoms with Crippen LogP contribution in [0, 0.1) is 6.92 Å². The van der Waals surface area contributed by atoms with Crippen LogP contribution in [0.1, 0.15) is 36.6 Å². The number of aliphatic hydroxyl groups excluding tert-OH is 1. The van der Waals surface area contributed by atoms with Gasteiger partial charge in [-0.3, -0.25) is 14.5 Å². The molecule has 1 heterocycles. The number of nitrogens with zero attached hydrogens (tertiary/aromatic N) is 2. The third kappa shape index (κ3) is 4.77. The zero-order chi connectivity index (χ0) is 26.7. The molecule has 3 aromatic carbocycles. The fourth-order valence-electron chi connectivity index (χ4n) is 4.82. The molecular weight excluding hydrogens is 468 g/mol. The number of benzene rings is 3. The van der Waals surface area contributed by atoms with Crippen molar-refractivity contribution in [2.24, 2.45) is 0 Å². The molecule has 1 amide bonds. The second-order valence-electron chi connectivity index (χ2n) is 8.82. The number of amides is 1. The van der Waals surface area contributed by atoms with Gasteiger partial charge in [-0.25, -0.2) is 0 Å². The van der Waals surface area contributed by atoms with Crippen molar-refractivity contribution in [1.29, 1.82) is 0 Å². The van der Waals surface area contributed by atoms with Gasteiger partial charge in [-0.05, 0) is 86.5 Å². The first-order valence-electron chi connectivity index (χ1n) is 12.3. The molecule has 0 saturated carbocycles. The minimum atomic E-state index is -0.836. The molecule has 0 bridgehead atoms. The number of aliphatic hydroxyl groups is 1. The lowest BCUT2D eigenvalue weighted by Gasteiger charge is -2.27. The van der Waals surface area contributed by atoms with Crippen molar-refractivity contribution >= 4 is 28.8 Å². The van der Waals surface area contributed by atoms with Crippen LogP contribution in [-0.2, 0) is 9.59 Å². The van der Waals surface area contributed by atoms with Gasteiger partial charge in [0.15, 0.2) is 0 Å². The lowest BCUT2D eigenvalue weighted by molar-refractivity contribution is -0.132. The number of ketones is 1. The molecule has 7 heteroatoms. The van der Waals surface area contributed by atoms with Crippen molar-refractivity contribution in [2.45, 2.75) is 26.8 Å². The molecule has 1 aliphatic rings. The summed E-state index contributed by atoms with van der Waals surface area (Å²) in [5, 5.41) is 11.4. The number of rotatable bonds is 8. The highest BCUT2D eigenvalue weighted by molar-refractivity contribution is 6.51. The summed E-state index contributed by atoms with van der Waals surface area (Å²) in [6.07, 6.45) is 0. The molecule has 1 saturated heterocycles. The third-order valence-corrected chi connectivity index (χ3v) is 6.78. The molecule has 0 aromatic heterocycles. The number of carbonyl (C=O) groups excluding carboxylic acids is 2. The van der Waals surface area contributed by atoms with Crippen LogP contribution in [-0.4, -0.2) is 44.1 Å². The third-order valence-electron chi connectivity index (χ3n) is 6.78. The van der Waals surface area contributed by atoms with Gasteiger partial charge in [0, 0.05) is 30.0 Å². The Labute approximate surface area is 217 Å². The zero-order valence-electron chi connectivity index (χ0n) is 21.8. The molecule has 37 heavy (non-hydrogen) atoms. The number of hydrogen-bond acceptors (Lipinski definition) is 6. The maximum Gasteiger partial charge on any atom is 0.300 e. The van der Waals surface area contributed by atoms with Crippen LogP contribution in [0.15, 0.2) is 72.3 Å². The summed E-state index contributed by atoms with van der Waals surface area (Å²) in [7, 11) is 3.13. The Hall–Kier alpha value is -4.26. The van der Waals surface area contributed by atoms with Crippen LogP contribution < -0.4 is 19.3 Å². The quantitative estimate of drug-likeness (QED) is 0.251. The van der Waals surface area contributed by atoms with Gasteiger partial charge < -0.3 is 19.5 Å². The first-order valence-corrected chi connectivity index (χ1v) is 12.3. The topological polar surface area (TPSA) is 79.3 Å². The molecule has 0 radical (unpaired) electrons. The van der Waals surface area contributed by atoms with Crippen LogP contribution in [0.3, 0.4) is 0 Å². The minimum absolute atomic E-state index is 0.0237. The van der Waals surface area contributed by atoms with Crippen molar-refractivity contribution in [2.75, 3.05) is 37.1 Å². The SMILES string of the molecule is CCN(CC)c1ccc(N2C(=O)C(=O)/C(=C(\O)c3ccc(OC)c(C)c3)C2c2cccc(OC)c2)cc1. The molecule has 0 spiro atoms. The van der Waals surface area contributed by atoms with Crippen molar-refractivity contribution in [3.8, 4) is 11.5 Å². The van der Waals surface area contributed by atoms with Crippen molar-refractivity contribution in [3.05, 3.63) is 89.0 Å². The lowest BCUT2D eigenvalue weighted by Crippen LogP contribution is -2.29. The molecule has 1 atom stereocenters. The van der Waals surface area contributed by atoms with Crippen LogP contribution in [0.25, 0.3) is 5.76 Å². The van der Waals surface area contributed by atoms with Crippen LogP contribution >= 0.6 is 0 Å². The van der Waals surface area contributed by atoms with E-state index in [1.54, 1.807) is 50.6 Å². The van der Waals surface area contributed by atoms with Gasteiger partial charge in [0.2, 0.25) is 0 Å². The predicted octanol–water partition coefficient (Wildman–Crippen LogP) is 5.48. The predicted molar refractivity (Wildman–Crippen MR) is 146 cm³/mol. The number of carbonyl (C=O) groups is 2. The van der Waals surface area contributed by atoms with E-state index in [-0.39, 0.29) is 11.3 Å². The number of hydrogen-bond donors (Lipinski definition) is 1. The highest BCUT2D eigenvalue weighted by Crippen LogP contribution is 2.43. The summed E-state index contributed by atoms with van der Waals surface area (Å²) in [4.78, 5) is 30.6. The standard InChI is InChI=1S/C30H32N2O5/c1-6-31(7-2)22-12-14-23(15-13-22)32-27(20-9-8-10-24(18-20)36-4)26(29(34)30(32)35)28(33)21-11-16-25(37-5)19(3)17-21/h8-18,27,33H,6-7H2,1-5H3/b28-26-. The van der Waals surface area contributed by atoms with E-state index in [2.05, 4.69) is 18.7 Å². The van der Waals surface area contributed by atoms with Gasteiger partial charge in [0.25, 0.3) is 11.7 Å². The van der Waals surface area contributed by atoms with Crippen LogP contribution in [0.4, 0.5) is 11.4 Å². The summed E-state index contributed by atoms with van der Waals surface area (Å²) in [6, 6.07) is 19.1. The molecule has 3 aromatic rings. The maximum atomic E-state index is 13.5. The second kappa shape index (κ2) is 10.8. The van der Waals surface area contributed by atoms with Crippen molar-refractivity contribution in [1.82, 2.24) is 0 Å². The molecule has 0 aliphatic carbocycles.